The van der Waals surface area contributed by atoms with Gasteiger partial charge < -0.3 is 29.9 Å². The van der Waals surface area contributed by atoms with Crippen LogP contribution in [0, 0.1) is 5.92 Å². The third-order valence-electron chi connectivity index (χ3n) is 5.87. The van der Waals surface area contributed by atoms with E-state index in [0.29, 0.717) is 30.0 Å². The largest absolute Gasteiger partial charge is 0.549 e. The number of amides is 1. The molecule has 2 N–H and O–H groups in total. The number of carboxylic acids is 3. The van der Waals surface area contributed by atoms with Crippen LogP contribution < -0.4 is 9.67 Å². The van der Waals surface area contributed by atoms with E-state index in [1.165, 1.54) is 11.5 Å². The standard InChI is InChI=1S/C19H19N3O6S.C2H3BrO2/c1-10(23)21-7-4-12-15(17(18(26)27)22-8-13(21)16(12)22)19(28)29-11-2-5-20(6-3-11)9-14(24)25;3-1-2(4)5/h2-3,5-6,12-13,16H,4,7-9H2,1H3,(H-,24,25,26,27);1H2,(H,4,5)/t12?,13-,16+;/m0./s1. The molecule has 0 aliphatic carbocycles. The summed E-state index contributed by atoms with van der Waals surface area (Å²) < 4.78 is 1.47. The first-order chi connectivity index (χ1) is 16.0. The summed E-state index contributed by atoms with van der Waals surface area (Å²) in [5.74, 6) is -3.40. The molecule has 3 aliphatic rings. The van der Waals surface area contributed by atoms with Gasteiger partial charge in [-0.25, -0.2) is 9.59 Å². The fourth-order valence-electron chi connectivity index (χ4n) is 4.58. The minimum Gasteiger partial charge on any atom is -0.549 e. The molecule has 2 fully saturated rings. The van der Waals surface area contributed by atoms with Gasteiger partial charge in [-0.1, -0.05) is 15.9 Å². The average molecular weight is 556 g/mol. The van der Waals surface area contributed by atoms with Crippen molar-refractivity contribution in [2.24, 2.45) is 5.92 Å². The Kier molecular flexibility index (Phi) is 7.97. The Balaban J connectivity index is 0.000000588. The van der Waals surface area contributed by atoms with E-state index in [0.717, 1.165) is 11.8 Å². The summed E-state index contributed by atoms with van der Waals surface area (Å²) >= 11 is 3.60. The Hall–Kier alpha value is -2.93. The van der Waals surface area contributed by atoms with E-state index < -0.39 is 17.9 Å². The zero-order valence-corrected chi connectivity index (χ0v) is 20.5. The number of alkyl halides is 1. The van der Waals surface area contributed by atoms with Crippen LogP contribution in [0.5, 0.6) is 0 Å². The molecule has 3 atom stereocenters. The number of carbonyl (C=O) groups is 5. The zero-order valence-electron chi connectivity index (χ0n) is 18.0. The molecular weight excluding hydrogens is 534 g/mol. The average Bonchev–Trinajstić information content (AvgIpc) is 3.05. The molecule has 34 heavy (non-hydrogen) atoms. The van der Waals surface area contributed by atoms with Crippen LogP contribution in [-0.2, 0) is 30.5 Å². The van der Waals surface area contributed by atoms with E-state index in [-0.39, 0.29) is 46.6 Å². The second kappa shape index (κ2) is 10.6. The second-order valence-corrected chi connectivity index (χ2v) is 9.49. The van der Waals surface area contributed by atoms with Gasteiger partial charge in [0.05, 0.1) is 18.1 Å². The van der Waals surface area contributed by atoms with Crippen LogP contribution in [0.1, 0.15) is 13.3 Å². The molecule has 0 bridgehead atoms. The fourth-order valence-corrected chi connectivity index (χ4v) is 5.41. The lowest BCUT2D eigenvalue weighted by molar-refractivity contribution is -0.686. The van der Waals surface area contributed by atoms with Crippen molar-refractivity contribution in [3.8, 4) is 0 Å². The molecule has 1 unspecified atom stereocenters. The normalized spacial score (nSPS) is 22.2. The monoisotopic (exact) mass is 555 g/mol. The number of nitrogens with zero attached hydrogens (tertiary/aromatic N) is 3. The van der Waals surface area contributed by atoms with E-state index in [1.54, 1.807) is 34.3 Å². The highest BCUT2D eigenvalue weighted by Crippen LogP contribution is 2.49. The maximum absolute atomic E-state index is 13.1. The maximum atomic E-state index is 13.1. The molecule has 182 valence electrons. The topological polar surface area (TPSA) is 159 Å². The summed E-state index contributed by atoms with van der Waals surface area (Å²) in [6.45, 7) is 2.28. The number of carboxylic acid groups (broad SMARTS) is 3. The Labute approximate surface area is 207 Å². The molecule has 2 saturated heterocycles. The molecule has 0 radical (unpaired) electrons. The van der Waals surface area contributed by atoms with Crippen LogP contribution in [0.2, 0.25) is 0 Å². The molecule has 1 aromatic rings. The third-order valence-corrected chi connectivity index (χ3v) is 7.24. The van der Waals surface area contributed by atoms with Crippen molar-refractivity contribution in [1.82, 2.24) is 9.80 Å². The maximum Gasteiger partial charge on any atom is 0.370 e. The van der Waals surface area contributed by atoms with Crippen molar-refractivity contribution >= 4 is 56.6 Å². The number of piperidine rings is 1. The quantitative estimate of drug-likeness (QED) is 0.255. The van der Waals surface area contributed by atoms with Crippen molar-refractivity contribution < 1.29 is 43.9 Å². The first kappa shape index (κ1) is 25.7. The van der Waals surface area contributed by atoms with E-state index >= 15 is 0 Å². The highest BCUT2D eigenvalue weighted by atomic mass is 79.9. The van der Waals surface area contributed by atoms with E-state index in [1.807, 2.05) is 0 Å². The summed E-state index contributed by atoms with van der Waals surface area (Å²) in [6, 6.07) is 3.07. The summed E-state index contributed by atoms with van der Waals surface area (Å²) in [5, 5.41) is 27.4. The Morgan fingerprint density at radius 1 is 1.21 bits per heavy atom. The number of thioether (sulfide) groups is 1. The lowest BCUT2D eigenvalue weighted by atomic mass is 9.79. The number of aliphatic carboxylic acids is 3. The molecule has 3 aliphatic heterocycles. The van der Waals surface area contributed by atoms with Crippen molar-refractivity contribution in [1.29, 1.82) is 0 Å². The Morgan fingerprint density at radius 3 is 2.32 bits per heavy atom. The molecule has 0 aromatic carbocycles. The highest BCUT2D eigenvalue weighted by molar-refractivity contribution is 9.09. The Morgan fingerprint density at radius 2 is 1.82 bits per heavy atom. The molecule has 1 amide bonds. The van der Waals surface area contributed by atoms with Crippen molar-refractivity contribution in [3.63, 3.8) is 0 Å². The Bertz CT molecular complexity index is 1060. The van der Waals surface area contributed by atoms with Gasteiger partial charge in [0.15, 0.2) is 12.4 Å². The summed E-state index contributed by atoms with van der Waals surface area (Å²) in [7, 11) is 0. The van der Waals surface area contributed by atoms with Gasteiger partial charge in [-0.3, -0.25) is 9.59 Å². The fraction of sp³-hybridized carbons (Fsp3) is 0.429. The number of carbonyl (C=O) groups excluding carboxylic acids is 3. The van der Waals surface area contributed by atoms with Crippen LogP contribution >= 0.6 is 27.7 Å². The predicted molar refractivity (Wildman–Crippen MR) is 118 cm³/mol. The van der Waals surface area contributed by atoms with Crippen molar-refractivity contribution in [3.05, 3.63) is 35.8 Å². The molecule has 4 heterocycles. The molecule has 11 nitrogen and oxygen atoms in total. The van der Waals surface area contributed by atoms with E-state index in [9.17, 15) is 34.2 Å². The van der Waals surface area contributed by atoms with Gasteiger partial charge >= 0.3 is 11.9 Å². The van der Waals surface area contributed by atoms with Crippen LogP contribution in [-0.4, -0.2) is 79.4 Å². The minimum atomic E-state index is -1.12. The number of pyridine rings is 1. The number of halogens is 1. The number of rotatable bonds is 6. The van der Waals surface area contributed by atoms with Crippen LogP contribution in [0.15, 0.2) is 40.7 Å². The van der Waals surface area contributed by atoms with Crippen molar-refractivity contribution in [2.45, 2.75) is 36.9 Å². The van der Waals surface area contributed by atoms with Gasteiger partial charge in [-0.15, -0.1) is 0 Å². The molecule has 4 rings (SSSR count). The highest BCUT2D eigenvalue weighted by Gasteiger charge is 2.59. The number of aromatic nitrogens is 1. The van der Waals surface area contributed by atoms with Crippen molar-refractivity contribution in [2.75, 3.05) is 18.4 Å². The van der Waals surface area contributed by atoms with E-state index in [4.69, 9.17) is 5.11 Å². The molecular formula is C21H22BrN3O8S. The van der Waals surface area contributed by atoms with Gasteiger partial charge in [0.25, 0.3) is 0 Å². The zero-order chi connectivity index (χ0) is 25.2. The lowest BCUT2D eigenvalue weighted by Gasteiger charge is -2.55. The van der Waals surface area contributed by atoms with Crippen LogP contribution in [0.4, 0.5) is 0 Å². The number of likely N-dealkylation sites (tertiary alicyclic amines) is 1. The number of hydrogen-bond acceptors (Lipinski definition) is 8. The first-order valence-electron chi connectivity index (χ1n) is 10.2. The van der Waals surface area contributed by atoms with E-state index in [2.05, 4.69) is 15.9 Å². The summed E-state index contributed by atoms with van der Waals surface area (Å²) in [6.07, 6.45) is 3.70. The molecule has 13 heteroatoms. The van der Waals surface area contributed by atoms with Gasteiger partial charge in [-0.2, -0.15) is 4.57 Å². The second-order valence-electron chi connectivity index (χ2n) is 7.88. The molecule has 0 saturated carbocycles. The van der Waals surface area contributed by atoms with Gasteiger partial charge in [0, 0.05) is 53.9 Å². The van der Waals surface area contributed by atoms with Crippen LogP contribution in [0.3, 0.4) is 0 Å². The molecule has 0 spiro atoms. The van der Waals surface area contributed by atoms with Gasteiger partial charge in [-0.05, 0) is 18.2 Å². The molecule has 1 aromatic heterocycles. The predicted octanol–water partition coefficient (Wildman–Crippen LogP) is -0.918. The smallest absolute Gasteiger partial charge is 0.370 e. The third kappa shape index (κ3) is 5.25. The number of hydrogen-bond donors (Lipinski definition) is 2. The SMILES string of the molecule is CC(=O)N1CCC2C(C(=O)Sc3cc[n+](CC(=O)O)cc3)=C(C(=O)O)N3C[C@H]1[C@@H]23.O=C([O-])CBr. The van der Waals surface area contributed by atoms with Crippen LogP contribution in [0.25, 0.3) is 0 Å². The summed E-state index contributed by atoms with van der Waals surface area (Å²) in [4.78, 5) is 60.9. The minimum absolute atomic E-state index is 0.0296. The summed E-state index contributed by atoms with van der Waals surface area (Å²) in [5.41, 5.74) is 0.372. The van der Waals surface area contributed by atoms with Gasteiger partial charge in [0.1, 0.15) is 5.70 Å². The lowest BCUT2D eigenvalue weighted by Crippen LogP contribution is -2.70. The van der Waals surface area contributed by atoms with Gasteiger partial charge in [0.2, 0.25) is 17.6 Å². The first-order valence-corrected chi connectivity index (χ1v) is 12.2.